The second-order valence-corrected chi connectivity index (χ2v) is 3.56. The van der Waals surface area contributed by atoms with Crippen molar-refractivity contribution in [3.8, 4) is 0 Å². The van der Waals surface area contributed by atoms with E-state index in [1.807, 2.05) is 19.3 Å². The smallest absolute Gasteiger partial charge is 0.0820 e. The van der Waals surface area contributed by atoms with Gasteiger partial charge in [0.2, 0.25) is 0 Å². The van der Waals surface area contributed by atoms with Crippen LogP contribution in [0.3, 0.4) is 0 Å². The summed E-state index contributed by atoms with van der Waals surface area (Å²) in [6.45, 7) is 0.971. The summed E-state index contributed by atoms with van der Waals surface area (Å²) in [5.74, 6) is 0. The lowest BCUT2D eigenvalue weighted by atomic mass is 9.99. The van der Waals surface area contributed by atoms with Crippen LogP contribution in [0.1, 0.15) is 24.6 Å². The maximum Gasteiger partial charge on any atom is 0.0820 e. The molecule has 1 aliphatic heterocycles. The van der Waals surface area contributed by atoms with Crippen molar-refractivity contribution in [3.05, 3.63) is 18.0 Å². The summed E-state index contributed by atoms with van der Waals surface area (Å²) in [5, 5.41) is 17.3. The van der Waals surface area contributed by atoms with Crippen LogP contribution >= 0.6 is 0 Å². The minimum Gasteiger partial charge on any atom is -0.391 e. The Hall–Kier alpha value is -0.870. The maximum absolute atomic E-state index is 9.72. The van der Waals surface area contributed by atoms with Gasteiger partial charge in [-0.2, -0.15) is 5.10 Å². The van der Waals surface area contributed by atoms with E-state index in [1.54, 1.807) is 4.68 Å². The largest absolute Gasteiger partial charge is 0.391 e. The summed E-state index contributed by atoms with van der Waals surface area (Å²) in [5.41, 5.74) is 0.940. The Morgan fingerprint density at radius 2 is 2.54 bits per heavy atom. The molecule has 1 saturated heterocycles. The summed E-state index contributed by atoms with van der Waals surface area (Å²) in [6.07, 6.45) is 3.53. The lowest BCUT2D eigenvalue weighted by molar-refractivity contribution is 0.0945. The average Bonchev–Trinajstić information content (AvgIpc) is 2.53. The zero-order chi connectivity index (χ0) is 9.26. The Morgan fingerprint density at radius 3 is 3.15 bits per heavy atom. The third kappa shape index (κ3) is 1.73. The van der Waals surface area contributed by atoms with Crippen molar-refractivity contribution in [3.63, 3.8) is 0 Å². The van der Waals surface area contributed by atoms with E-state index in [2.05, 4.69) is 10.4 Å². The number of aliphatic hydroxyl groups is 1. The summed E-state index contributed by atoms with van der Waals surface area (Å²) in [7, 11) is 1.89. The summed E-state index contributed by atoms with van der Waals surface area (Å²) >= 11 is 0. The zero-order valence-electron chi connectivity index (χ0n) is 7.77. The summed E-state index contributed by atoms with van der Waals surface area (Å²) < 4.78 is 1.76. The molecule has 2 rings (SSSR count). The molecule has 72 valence electrons. The lowest BCUT2D eigenvalue weighted by Gasteiger charge is -2.27. The minimum atomic E-state index is -0.288. The van der Waals surface area contributed by atoms with E-state index in [4.69, 9.17) is 0 Å². The monoisotopic (exact) mass is 181 g/mol. The molecule has 4 nitrogen and oxygen atoms in total. The number of aromatic nitrogens is 2. The van der Waals surface area contributed by atoms with Gasteiger partial charge in [0.05, 0.1) is 17.8 Å². The van der Waals surface area contributed by atoms with Gasteiger partial charge in [0, 0.05) is 13.2 Å². The molecule has 1 aromatic rings. The van der Waals surface area contributed by atoms with Crippen LogP contribution in [0.25, 0.3) is 0 Å². The molecule has 0 amide bonds. The second kappa shape index (κ2) is 3.47. The van der Waals surface area contributed by atoms with Crippen LogP contribution in [0.5, 0.6) is 0 Å². The van der Waals surface area contributed by atoms with Crippen LogP contribution in [0, 0.1) is 0 Å². The predicted octanol–water partition coefficient (Wildman–Crippen LogP) is 0.205. The molecule has 1 aliphatic rings. The van der Waals surface area contributed by atoms with Gasteiger partial charge in [-0.1, -0.05) is 0 Å². The fraction of sp³-hybridized carbons (Fsp3) is 0.667. The Bertz CT molecular complexity index is 284. The van der Waals surface area contributed by atoms with Gasteiger partial charge in [-0.25, -0.2) is 0 Å². The molecule has 0 saturated carbocycles. The molecule has 2 unspecified atom stereocenters. The molecule has 2 N–H and O–H groups in total. The molecule has 4 heteroatoms. The summed E-state index contributed by atoms with van der Waals surface area (Å²) in [6, 6.07) is 1.97. The van der Waals surface area contributed by atoms with Crippen molar-refractivity contribution in [1.82, 2.24) is 15.1 Å². The van der Waals surface area contributed by atoms with E-state index in [0.29, 0.717) is 0 Å². The molecular weight excluding hydrogens is 166 g/mol. The van der Waals surface area contributed by atoms with Crippen molar-refractivity contribution < 1.29 is 5.11 Å². The molecule has 2 heterocycles. The topological polar surface area (TPSA) is 50.1 Å². The van der Waals surface area contributed by atoms with Gasteiger partial charge in [0.1, 0.15) is 0 Å². The number of hydrogen-bond acceptors (Lipinski definition) is 3. The number of hydrogen-bond donors (Lipinski definition) is 2. The number of aryl methyl sites for hydroxylation is 1. The first-order valence-electron chi connectivity index (χ1n) is 4.68. The number of rotatable bonds is 1. The highest BCUT2D eigenvalue weighted by atomic mass is 16.3. The second-order valence-electron chi connectivity index (χ2n) is 3.56. The molecular formula is C9H15N3O. The van der Waals surface area contributed by atoms with Crippen molar-refractivity contribution >= 4 is 0 Å². The van der Waals surface area contributed by atoms with E-state index in [-0.39, 0.29) is 12.1 Å². The highest BCUT2D eigenvalue weighted by molar-refractivity contribution is 5.08. The van der Waals surface area contributed by atoms with Crippen molar-refractivity contribution in [2.75, 3.05) is 6.54 Å². The molecule has 1 fully saturated rings. The molecule has 0 aromatic carbocycles. The SMILES string of the molecule is Cn1ccc(C2NCCCC2O)n1. The van der Waals surface area contributed by atoms with E-state index in [1.165, 1.54) is 0 Å². The first-order valence-corrected chi connectivity index (χ1v) is 4.68. The molecule has 1 aromatic heterocycles. The number of aliphatic hydroxyl groups excluding tert-OH is 1. The first kappa shape index (κ1) is 8.72. The van der Waals surface area contributed by atoms with Gasteiger partial charge >= 0.3 is 0 Å². The van der Waals surface area contributed by atoms with Crippen LogP contribution in [-0.4, -0.2) is 27.5 Å². The van der Waals surface area contributed by atoms with Crippen molar-refractivity contribution in [2.45, 2.75) is 25.0 Å². The van der Waals surface area contributed by atoms with Crippen LogP contribution in [0.4, 0.5) is 0 Å². The zero-order valence-corrected chi connectivity index (χ0v) is 7.77. The quantitative estimate of drug-likeness (QED) is 0.651. The maximum atomic E-state index is 9.72. The first-order chi connectivity index (χ1) is 6.27. The fourth-order valence-corrected chi connectivity index (χ4v) is 1.77. The van der Waals surface area contributed by atoms with Crippen molar-refractivity contribution in [1.29, 1.82) is 0 Å². The minimum absolute atomic E-state index is 0.0231. The third-order valence-electron chi connectivity index (χ3n) is 2.48. The molecule has 0 radical (unpaired) electrons. The van der Waals surface area contributed by atoms with Crippen molar-refractivity contribution in [2.24, 2.45) is 7.05 Å². The molecule has 2 atom stereocenters. The summed E-state index contributed by atoms with van der Waals surface area (Å²) in [4.78, 5) is 0. The third-order valence-corrected chi connectivity index (χ3v) is 2.48. The Morgan fingerprint density at radius 1 is 1.69 bits per heavy atom. The van der Waals surface area contributed by atoms with E-state index in [0.717, 1.165) is 25.1 Å². The molecule has 0 aliphatic carbocycles. The highest BCUT2D eigenvalue weighted by Gasteiger charge is 2.25. The predicted molar refractivity (Wildman–Crippen MR) is 49.2 cm³/mol. The van der Waals surface area contributed by atoms with Gasteiger partial charge in [0.15, 0.2) is 0 Å². The van der Waals surface area contributed by atoms with Crippen LogP contribution in [-0.2, 0) is 7.05 Å². The normalized spacial score (nSPS) is 29.1. The van der Waals surface area contributed by atoms with E-state index < -0.39 is 0 Å². The van der Waals surface area contributed by atoms with Gasteiger partial charge in [-0.15, -0.1) is 0 Å². The average molecular weight is 181 g/mol. The molecule has 0 spiro atoms. The highest BCUT2D eigenvalue weighted by Crippen LogP contribution is 2.21. The lowest BCUT2D eigenvalue weighted by Crippen LogP contribution is -2.37. The van der Waals surface area contributed by atoms with Gasteiger partial charge in [0.25, 0.3) is 0 Å². The van der Waals surface area contributed by atoms with Gasteiger partial charge in [-0.3, -0.25) is 4.68 Å². The number of piperidine rings is 1. The Balaban J connectivity index is 2.14. The number of nitrogens with zero attached hydrogens (tertiary/aromatic N) is 2. The van der Waals surface area contributed by atoms with Gasteiger partial charge < -0.3 is 10.4 Å². The van der Waals surface area contributed by atoms with Gasteiger partial charge in [-0.05, 0) is 25.5 Å². The molecule has 0 bridgehead atoms. The van der Waals surface area contributed by atoms with E-state index >= 15 is 0 Å². The molecule has 13 heavy (non-hydrogen) atoms. The van der Waals surface area contributed by atoms with Crippen LogP contribution in [0.15, 0.2) is 12.3 Å². The number of nitrogens with one attached hydrogen (secondary N) is 1. The van der Waals surface area contributed by atoms with Crippen LogP contribution < -0.4 is 5.32 Å². The fourth-order valence-electron chi connectivity index (χ4n) is 1.77. The Kier molecular flexibility index (Phi) is 2.33. The van der Waals surface area contributed by atoms with E-state index in [9.17, 15) is 5.11 Å². The Labute approximate surface area is 77.6 Å². The standard InChI is InChI=1S/C9H15N3O/c1-12-6-4-7(11-12)9-8(13)3-2-5-10-9/h4,6,8-10,13H,2-3,5H2,1H3. The van der Waals surface area contributed by atoms with Crippen LogP contribution in [0.2, 0.25) is 0 Å².